The van der Waals surface area contributed by atoms with Gasteiger partial charge in [0.05, 0.1) is 0 Å². The number of hydrogen-bond donors (Lipinski definition) is 0. The highest BCUT2D eigenvalue weighted by molar-refractivity contribution is 5.49. The summed E-state index contributed by atoms with van der Waals surface area (Å²) in [5.74, 6) is 0.758. The summed E-state index contributed by atoms with van der Waals surface area (Å²) in [6, 6.07) is 5.89. The van der Waals surface area contributed by atoms with E-state index < -0.39 is 0 Å². The maximum Gasteiger partial charge on any atom is 0.142 e. The van der Waals surface area contributed by atoms with Gasteiger partial charge in [-0.1, -0.05) is 6.92 Å². The fourth-order valence-electron chi connectivity index (χ4n) is 1.85. The second-order valence-electron chi connectivity index (χ2n) is 3.85. The lowest BCUT2D eigenvalue weighted by Crippen LogP contribution is -2.19. The van der Waals surface area contributed by atoms with Crippen molar-refractivity contribution in [3.63, 3.8) is 0 Å². The Morgan fingerprint density at radius 3 is 3.14 bits per heavy atom. The number of nitrogens with zero attached hydrogens (tertiary/aromatic N) is 3. The molecule has 0 aromatic carbocycles. The average Bonchev–Trinajstić information content (AvgIpc) is 2.65. The fraction of sp³-hybridized carbons (Fsp3) is 0.455. The van der Waals surface area contributed by atoms with Crippen molar-refractivity contribution in [1.82, 2.24) is 4.98 Å². The third-order valence-electron chi connectivity index (χ3n) is 2.65. The Bertz CT molecular complexity index is 367. The van der Waals surface area contributed by atoms with Crippen LogP contribution >= 0.6 is 0 Å². The normalized spacial score (nSPS) is 20.9. The molecule has 0 N–H and O–H groups in total. The van der Waals surface area contributed by atoms with E-state index in [1.165, 1.54) is 6.42 Å². The van der Waals surface area contributed by atoms with Gasteiger partial charge in [-0.2, -0.15) is 5.26 Å². The van der Waals surface area contributed by atoms with Gasteiger partial charge in [-0.15, -0.1) is 0 Å². The lowest BCUT2D eigenvalue weighted by molar-refractivity contribution is 0.659. The van der Waals surface area contributed by atoms with E-state index in [1.807, 2.05) is 12.1 Å². The summed E-state index contributed by atoms with van der Waals surface area (Å²) in [6.07, 6.45) is 2.95. The molecule has 1 saturated heterocycles. The second-order valence-corrected chi connectivity index (χ2v) is 3.85. The number of anilines is 1. The monoisotopic (exact) mass is 187 g/mol. The topological polar surface area (TPSA) is 39.9 Å². The molecule has 1 aromatic rings. The summed E-state index contributed by atoms with van der Waals surface area (Å²) in [5.41, 5.74) is 1.63. The van der Waals surface area contributed by atoms with Crippen LogP contribution in [0.5, 0.6) is 0 Å². The number of pyridine rings is 1. The van der Waals surface area contributed by atoms with E-state index in [-0.39, 0.29) is 0 Å². The molecule has 1 atom stereocenters. The molecule has 2 heterocycles. The number of aromatic nitrogens is 1. The smallest absolute Gasteiger partial charge is 0.142 e. The largest absolute Gasteiger partial charge is 0.371 e. The predicted molar refractivity (Wildman–Crippen MR) is 54.9 cm³/mol. The van der Waals surface area contributed by atoms with Crippen molar-refractivity contribution in [3.05, 3.63) is 24.0 Å². The molecule has 0 radical (unpaired) electrons. The van der Waals surface area contributed by atoms with Crippen molar-refractivity contribution in [2.24, 2.45) is 5.92 Å². The minimum absolute atomic E-state index is 0.502. The molecule has 0 saturated carbocycles. The molecular weight excluding hydrogens is 174 g/mol. The van der Waals surface area contributed by atoms with Crippen molar-refractivity contribution in [1.29, 1.82) is 5.26 Å². The van der Waals surface area contributed by atoms with Crippen LogP contribution in [0.1, 0.15) is 19.0 Å². The molecule has 0 bridgehead atoms. The Balaban J connectivity index is 2.20. The first-order valence-electron chi connectivity index (χ1n) is 4.90. The van der Waals surface area contributed by atoms with Crippen molar-refractivity contribution < 1.29 is 0 Å². The first kappa shape index (κ1) is 9.01. The standard InChI is InChI=1S/C11H13N3/c1-9-3-5-14(8-9)11-2-4-13-10(6-11)7-12/h2,4,6,9H,3,5,8H2,1H3. The van der Waals surface area contributed by atoms with Crippen molar-refractivity contribution >= 4 is 5.69 Å². The van der Waals surface area contributed by atoms with Gasteiger partial charge < -0.3 is 4.90 Å². The Kier molecular flexibility index (Phi) is 2.36. The lowest BCUT2D eigenvalue weighted by Gasteiger charge is -2.17. The summed E-state index contributed by atoms with van der Waals surface area (Å²) in [7, 11) is 0. The molecule has 0 aliphatic carbocycles. The highest BCUT2D eigenvalue weighted by atomic mass is 15.1. The van der Waals surface area contributed by atoms with E-state index in [1.54, 1.807) is 6.20 Å². The minimum atomic E-state index is 0.502. The highest BCUT2D eigenvalue weighted by Crippen LogP contribution is 2.23. The Hall–Kier alpha value is -1.56. The zero-order valence-electron chi connectivity index (χ0n) is 8.27. The van der Waals surface area contributed by atoms with Crippen LogP contribution in [-0.4, -0.2) is 18.1 Å². The molecule has 1 aliphatic heterocycles. The molecule has 72 valence electrons. The van der Waals surface area contributed by atoms with E-state index in [0.29, 0.717) is 5.69 Å². The van der Waals surface area contributed by atoms with Gasteiger partial charge in [-0.05, 0) is 24.5 Å². The van der Waals surface area contributed by atoms with Crippen molar-refractivity contribution in [3.8, 4) is 6.07 Å². The molecule has 0 amide bonds. The van der Waals surface area contributed by atoms with Crippen LogP contribution in [0.25, 0.3) is 0 Å². The zero-order valence-corrected chi connectivity index (χ0v) is 8.27. The third kappa shape index (κ3) is 1.69. The van der Waals surface area contributed by atoms with Crippen LogP contribution in [0.4, 0.5) is 5.69 Å². The van der Waals surface area contributed by atoms with Crippen LogP contribution in [0, 0.1) is 17.2 Å². The van der Waals surface area contributed by atoms with Gasteiger partial charge in [-0.3, -0.25) is 0 Å². The molecule has 3 nitrogen and oxygen atoms in total. The van der Waals surface area contributed by atoms with E-state index in [4.69, 9.17) is 5.26 Å². The molecule has 0 spiro atoms. The predicted octanol–water partition coefficient (Wildman–Crippen LogP) is 1.80. The van der Waals surface area contributed by atoms with Crippen molar-refractivity contribution in [2.45, 2.75) is 13.3 Å². The summed E-state index contributed by atoms with van der Waals surface area (Å²) >= 11 is 0. The van der Waals surface area contributed by atoms with E-state index in [0.717, 1.165) is 24.7 Å². The Labute approximate surface area is 84.0 Å². The first-order valence-corrected chi connectivity index (χ1v) is 4.90. The summed E-state index contributed by atoms with van der Waals surface area (Å²) in [5, 5.41) is 8.73. The molecule has 1 unspecified atom stereocenters. The van der Waals surface area contributed by atoms with Crippen LogP contribution in [0.3, 0.4) is 0 Å². The molecule has 2 rings (SSSR count). The van der Waals surface area contributed by atoms with E-state index in [9.17, 15) is 0 Å². The molecule has 1 aromatic heterocycles. The fourth-order valence-corrected chi connectivity index (χ4v) is 1.85. The van der Waals surface area contributed by atoms with E-state index >= 15 is 0 Å². The van der Waals surface area contributed by atoms with Gasteiger partial charge >= 0.3 is 0 Å². The SMILES string of the molecule is CC1CCN(c2ccnc(C#N)c2)C1. The van der Waals surface area contributed by atoms with Gasteiger partial charge in [0.15, 0.2) is 0 Å². The summed E-state index contributed by atoms with van der Waals surface area (Å²) < 4.78 is 0. The van der Waals surface area contributed by atoms with Crippen LogP contribution < -0.4 is 4.90 Å². The second kappa shape index (κ2) is 3.67. The maximum atomic E-state index is 8.73. The molecule has 3 heteroatoms. The van der Waals surface area contributed by atoms with Crippen LogP contribution in [0.15, 0.2) is 18.3 Å². The number of nitriles is 1. The molecule has 14 heavy (non-hydrogen) atoms. The number of rotatable bonds is 1. The lowest BCUT2D eigenvalue weighted by atomic mass is 10.2. The molecule has 1 fully saturated rings. The Morgan fingerprint density at radius 2 is 2.50 bits per heavy atom. The van der Waals surface area contributed by atoms with E-state index in [2.05, 4.69) is 22.9 Å². The highest BCUT2D eigenvalue weighted by Gasteiger charge is 2.18. The third-order valence-corrected chi connectivity index (χ3v) is 2.65. The van der Waals surface area contributed by atoms with Gasteiger partial charge in [-0.25, -0.2) is 4.98 Å². The summed E-state index contributed by atoms with van der Waals surface area (Å²) in [6.45, 7) is 4.44. The molecular formula is C11H13N3. The summed E-state index contributed by atoms with van der Waals surface area (Å²) in [4.78, 5) is 6.27. The zero-order chi connectivity index (χ0) is 9.97. The van der Waals surface area contributed by atoms with Gasteiger partial charge in [0.2, 0.25) is 0 Å². The average molecular weight is 187 g/mol. The maximum absolute atomic E-state index is 8.73. The van der Waals surface area contributed by atoms with Crippen molar-refractivity contribution in [2.75, 3.05) is 18.0 Å². The van der Waals surface area contributed by atoms with Gasteiger partial charge in [0, 0.05) is 25.0 Å². The van der Waals surface area contributed by atoms with Crippen LogP contribution in [0.2, 0.25) is 0 Å². The Morgan fingerprint density at radius 1 is 1.64 bits per heavy atom. The molecule has 1 aliphatic rings. The quantitative estimate of drug-likeness (QED) is 0.673. The number of hydrogen-bond acceptors (Lipinski definition) is 3. The first-order chi connectivity index (χ1) is 6.79. The van der Waals surface area contributed by atoms with Gasteiger partial charge in [0.25, 0.3) is 0 Å². The minimum Gasteiger partial charge on any atom is -0.371 e. The van der Waals surface area contributed by atoms with Gasteiger partial charge in [0.1, 0.15) is 11.8 Å². The van der Waals surface area contributed by atoms with Crippen LogP contribution in [-0.2, 0) is 0 Å².